The fourth-order valence-corrected chi connectivity index (χ4v) is 2.87. The number of likely N-dealkylation sites (N-methyl/N-ethyl adjacent to an activating group) is 1. The molecule has 1 aliphatic heterocycles. The van der Waals surface area contributed by atoms with Gasteiger partial charge in [0.15, 0.2) is 0 Å². The highest BCUT2D eigenvalue weighted by Crippen LogP contribution is 2.31. The maximum atomic E-state index is 8.95. The molecule has 0 amide bonds. The summed E-state index contributed by atoms with van der Waals surface area (Å²) in [5.74, 6) is 0. The van der Waals surface area contributed by atoms with E-state index >= 15 is 0 Å². The molecule has 17 heavy (non-hydrogen) atoms. The van der Waals surface area contributed by atoms with Crippen molar-refractivity contribution in [1.82, 2.24) is 9.80 Å². The Hall–Kier alpha value is -0.590. The van der Waals surface area contributed by atoms with Crippen molar-refractivity contribution in [1.29, 1.82) is 5.26 Å². The number of hydrogen-bond acceptors (Lipinski definition) is 3. The predicted molar refractivity (Wildman–Crippen MR) is 71.8 cm³/mol. The van der Waals surface area contributed by atoms with Crippen LogP contribution in [-0.2, 0) is 0 Å². The Balaban J connectivity index is 2.95. The lowest BCUT2D eigenvalue weighted by molar-refractivity contribution is 0.0246. The van der Waals surface area contributed by atoms with E-state index in [2.05, 4.69) is 57.5 Å². The number of nitriles is 1. The number of rotatable bonds is 1. The van der Waals surface area contributed by atoms with E-state index in [0.717, 1.165) is 19.5 Å². The van der Waals surface area contributed by atoms with Gasteiger partial charge in [-0.05, 0) is 54.6 Å². The normalized spacial score (nSPS) is 27.5. The van der Waals surface area contributed by atoms with Gasteiger partial charge in [-0.25, -0.2) is 0 Å². The van der Waals surface area contributed by atoms with Crippen LogP contribution in [0.5, 0.6) is 0 Å². The molecule has 1 unspecified atom stereocenters. The lowest BCUT2D eigenvalue weighted by atomic mass is 9.91. The van der Waals surface area contributed by atoms with E-state index in [1.54, 1.807) is 0 Å². The molecule has 0 saturated carbocycles. The number of hydrogen-bond donors (Lipinski definition) is 0. The lowest BCUT2D eigenvalue weighted by Crippen LogP contribution is -2.55. The molecule has 3 nitrogen and oxygen atoms in total. The molecule has 0 radical (unpaired) electrons. The minimum absolute atomic E-state index is 0.155. The van der Waals surface area contributed by atoms with E-state index in [4.69, 9.17) is 5.26 Å². The molecule has 0 spiro atoms. The monoisotopic (exact) mass is 237 g/mol. The first kappa shape index (κ1) is 14.5. The van der Waals surface area contributed by atoms with Crippen LogP contribution in [0, 0.1) is 11.3 Å². The van der Waals surface area contributed by atoms with Crippen LogP contribution in [0.2, 0.25) is 0 Å². The van der Waals surface area contributed by atoms with Gasteiger partial charge in [-0.1, -0.05) is 0 Å². The third kappa shape index (κ3) is 3.43. The smallest absolute Gasteiger partial charge is 0.0638 e. The minimum atomic E-state index is 0.155. The zero-order valence-corrected chi connectivity index (χ0v) is 12.2. The highest BCUT2D eigenvalue weighted by atomic mass is 15.3. The van der Waals surface area contributed by atoms with E-state index < -0.39 is 0 Å². The Bertz CT molecular complexity index is 296. The van der Waals surface area contributed by atoms with Crippen LogP contribution in [0.25, 0.3) is 0 Å². The van der Waals surface area contributed by atoms with Gasteiger partial charge in [0.2, 0.25) is 0 Å². The zero-order chi connectivity index (χ0) is 13.3. The minimum Gasteiger partial charge on any atom is -0.301 e. The van der Waals surface area contributed by atoms with Gasteiger partial charge in [-0.2, -0.15) is 5.26 Å². The maximum Gasteiger partial charge on any atom is 0.0638 e. The first-order valence-electron chi connectivity index (χ1n) is 6.53. The van der Waals surface area contributed by atoms with Crippen molar-refractivity contribution >= 4 is 0 Å². The highest BCUT2D eigenvalue weighted by Gasteiger charge is 2.39. The molecule has 0 aromatic carbocycles. The van der Waals surface area contributed by atoms with Crippen molar-refractivity contribution in [3.63, 3.8) is 0 Å². The molecular formula is C14H27N3. The summed E-state index contributed by atoms with van der Waals surface area (Å²) in [4.78, 5) is 4.90. The van der Waals surface area contributed by atoms with Crippen molar-refractivity contribution < 1.29 is 0 Å². The van der Waals surface area contributed by atoms with E-state index in [1.807, 2.05) is 0 Å². The summed E-state index contributed by atoms with van der Waals surface area (Å²) in [6, 6.07) is 2.69. The summed E-state index contributed by atoms with van der Waals surface area (Å²) in [6.07, 6.45) is 1.78. The Morgan fingerprint density at radius 3 is 2.41 bits per heavy atom. The topological polar surface area (TPSA) is 30.3 Å². The largest absolute Gasteiger partial charge is 0.301 e. The average molecular weight is 237 g/mol. The van der Waals surface area contributed by atoms with E-state index in [9.17, 15) is 0 Å². The standard InChI is InChI=1S/C14H27N3/c1-13(2,3)17-11-12(7-9-15)16(6)10-8-14(17,4)5/h12H,7-8,10-11H2,1-6H3. The number of nitrogens with zero attached hydrogens (tertiary/aromatic N) is 3. The Morgan fingerprint density at radius 1 is 1.35 bits per heavy atom. The average Bonchev–Trinajstić information content (AvgIpc) is 2.28. The molecule has 0 aromatic heterocycles. The summed E-state index contributed by atoms with van der Waals surface area (Å²) in [7, 11) is 2.14. The SMILES string of the molecule is CN1CCC(C)(C)N(C(C)(C)C)CC1CC#N. The predicted octanol–water partition coefficient (Wildman–Crippen LogP) is 2.48. The summed E-state index contributed by atoms with van der Waals surface area (Å²) in [6.45, 7) is 13.5. The van der Waals surface area contributed by atoms with Gasteiger partial charge in [0.1, 0.15) is 0 Å². The van der Waals surface area contributed by atoms with Crippen molar-refractivity contribution in [2.45, 2.75) is 64.6 Å². The molecular weight excluding hydrogens is 210 g/mol. The molecule has 0 N–H and O–H groups in total. The molecule has 1 fully saturated rings. The van der Waals surface area contributed by atoms with Crippen LogP contribution in [0.1, 0.15) is 47.5 Å². The molecule has 1 atom stereocenters. The third-order valence-corrected chi connectivity index (χ3v) is 3.96. The summed E-state index contributed by atoms with van der Waals surface area (Å²) in [5.41, 5.74) is 0.360. The van der Waals surface area contributed by atoms with Gasteiger partial charge in [-0.3, -0.25) is 4.90 Å². The van der Waals surface area contributed by atoms with Crippen LogP contribution in [0.15, 0.2) is 0 Å². The molecule has 3 heteroatoms. The van der Waals surface area contributed by atoms with Crippen LogP contribution in [0.4, 0.5) is 0 Å². The first-order chi connectivity index (χ1) is 7.68. The highest BCUT2D eigenvalue weighted by molar-refractivity contribution is 4.97. The van der Waals surface area contributed by atoms with Crippen LogP contribution in [0.3, 0.4) is 0 Å². The molecule has 1 saturated heterocycles. The summed E-state index contributed by atoms with van der Waals surface area (Å²) >= 11 is 0. The molecule has 0 bridgehead atoms. The Kier molecular flexibility index (Phi) is 4.22. The molecule has 1 rings (SSSR count). The second kappa shape index (κ2) is 4.96. The van der Waals surface area contributed by atoms with Crippen LogP contribution >= 0.6 is 0 Å². The van der Waals surface area contributed by atoms with Crippen molar-refractivity contribution in [3.8, 4) is 6.07 Å². The lowest BCUT2D eigenvalue weighted by Gasteiger charge is -2.47. The van der Waals surface area contributed by atoms with Gasteiger partial charge in [-0.15, -0.1) is 0 Å². The van der Waals surface area contributed by atoms with E-state index in [1.165, 1.54) is 0 Å². The first-order valence-corrected chi connectivity index (χ1v) is 6.53. The molecule has 98 valence electrons. The van der Waals surface area contributed by atoms with Gasteiger partial charge < -0.3 is 4.90 Å². The third-order valence-electron chi connectivity index (χ3n) is 3.96. The van der Waals surface area contributed by atoms with Crippen LogP contribution in [-0.4, -0.2) is 47.1 Å². The van der Waals surface area contributed by atoms with Gasteiger partial charge in [0.05, 0.1) is 12.5 Å². The molecule has 0 aliphatic carbocycles. The van der Waals surface area contributed by atoms with E-state index in [-0.39, 0.29) is 11.1 Å². The van der Waals surface area contributed by atoms with Gasteiger partial charge in [0.25, 0.3) is 0 Å². The molecule has 0 aromatic rings. The van der Waals surface area contributed by atoms with Crippen molar-refractivity contribution in [2.75, 3.05) is 20.1 Å². The fourth-order valence-electron chi connectivity index (χ4n) is 2.87. The van der Waals surface area contributed by atoms with E-state index in [0.29, 0.717) is 12.5 Å². The van der Waals surface area contributed by atoms with Gasteiger partial charge in [0, 0.05) is 23.7 Å². The second-order valence-corrected chi connectivity index (χ2v) is 6.84. The van der Waals surface area contributed by atoms with Crippen molar-refractivity contribution in [2.24, 2.45) is 0 Å². The fraction of sp³-hybridized carbons (Fsp3) is 0.929. The summed E-state index contributed by atoms with van der Waals surface area (Å²) in [5, 5.41) is 8.95. The molecule has 1 aliphatic rings. The Labute approximate surface area is 106 Å². The maximum absolute atomic E-state index is 8.95. The molecule has 1 heterocycles. The van der Waals surface area contributed by atoms with Crippen LogP contribution < -0.4 is 0 Å². The Morgan fingerprint density at radius 2 is 1.94 bits per heavy atom. The second-order valence-electron chi connectivity index (χ2n) is 6.84. The zero-order valence-electron chi connectivity index (χ0n) is 12.2. The van der Waals surface area contributed by atoms with Gasteiger partial charge >= 0.3 is 0 Å². The quantitative estimate of drug-likeness (QED) is 0.702. The van der Waals surface area contributed by atoms with Crippen molar-refractivity contribution in [3.05, 3.63) is 0 Å². The summed E-state index contributed by atoms with van der Waals surface area (Å²) < 4.78 is 0.